The molecule has 38 heavy (non-hydrogen) atoms. The number of nitrogens with zero attached hydrogens (tertiary/aromatic N) is 1. The van der Waals surface area contributed by atoms with Gasteiger partial charge in [0.05, 0.1) is 11.5 Å². The van der Waals surface area contributed by atoms with Crippen LogP contribution in [0.4, 0.5) is 14.9 Å². The van der Waals surface area contributed by atoms with E-state index in [0.717, 1.165) is 32.8 Å². The van der Waals surface area contributed by atoms with Crippen molar-refractivity contribution in [3.63, 3.8) is 0 Å². The van der Waals surface area contributed by atoms with E-state index in [1.165, 1.54) is 18.2 Å². The highest BCUT2D eigenvalue weighted by Gasteiger charge is 2.36. The molecule has 0 saturated carbocycles. The number of carbonyl (C=O) groups is 3. The summed E-state index contributed by atoms with van der Waals surface area (Å²) < 4.78 is 26.7. The van der Waals surface area contributed by atoms with Gasteiger partial charge in [0.1, 0.15) is 19.0 Å². The molecule has 1 aliphatic rings. The normalized spacial score (nSPS) is 14.2. The zero-order chi connectivity index (χ0) is 27.2. The number of nitrogens with one attached hydrogen (secondary N) is 1. The quantitative estimate of drug-likeness (QED) is 0.248. The van der Waals surface area contributed by atoms with Crippen LogP contribution in [0.1, 0.15) is 18.1 Å². The Kier molecular flexibility index (Phi) is 9.24. The van der Waals surface area contributed by atoms with Crippen LogP contribution in [-0.2, 0) is 16.2 Å². The Morgan fingerprint density at radius 3 is 2.50 bits per heavy atom. The molecule has 0 spiro atoms. The van der Waals surface area contributed by atoms with Crippen molar-refractivity contribution >= 4 is 72.4 Å². The van der Waals surface area contributed by atoms with Crippen molar-refractivity contribution < 1.29 is 28.2 Å². The molecule has 196 valence electrons. The van der Waals surface area contributed by atoms with Gasteiger partial charge in [-0.3, -0.25) is 19.3 Å². The van der Waals surface area contributed by atoms with E-state index >= 15 is 0 Å². The lowest BCUT2D eigenvalue weighted by Gasteiger charge is -2.14. The van der Waals surface area contributed by atoms with Crippen LogP contribution in [0.5, 0.6) is 11.5 Å². The Bertz CT molecular complexity index is 1420. The van der Waals surface area contributed by atoms with Crippen molar-refractivity contribution in [1.82, 2.24) is 4.90 Å². The fraction of sp³-hybridized carbons (Fsp3) is 0.148. The molecule has 7 nitrogen and oxygen atoms in total. The van der Waals surface area contributed by atoms with Crippen LogP contribution < -0.4 is 14.8 Å². The second-order valence-corrected chi connectivity index (χ2v) is 10.8. The summed E-state index contributed by atoms with van der Waals surface area (Å²) in [4.78, 5) is 38.8. The van der Waals surface area contributed by atoms with E-state index in [0.29, 0.717) is 34.7 Å². The summed E-state index contributed by atoms with van der Waals surface area (Å²) in [5.74, 6) is -0.742. The van der Waals surface area contributed by atoms with Crippen molar-refractivity contribution in [2.45, 2.75) is 13.5 Å². The average Bonchev–Trinajstić information content (AvgIpc) is 3.13. The summed E-state index contributed by atoms with van der Waals surface area (Å²) in [5, 5.41) is 1.91. The van der Waals surface area contributed by atoms with Crippen molar-refractivity contribution in [1.29, 1.82) is 0 Å². The van der Waals surface area contributed by atoms with Gasteiger partial charge < -0.3 is 14.8 Å². The first-order chi connectivity index (χ1) is 18.2. The monoisotopic (exact) mass is 662 g/mol. The molecule has 4 rings (SSSR count). The highest BCUT2D eigenvalue weighted by molar-refractivity contribution is 9.10. The number of ether oxygens (including phenoxy) is 2. The molecule has 0 bridgehead atoms. The Hall–Kier alpha value is -3.15. The molecule has 1 saturated heterocycles. The molecular weight excluding hydrogens is 643 g/mol. The van der Waals surface area contributed by atoms with Gasteiger partial charge in [-0.15, -0.1) is 0 Å². The highest BCUT2D eigenvalue weighted by Crippen LogP contribution is 2.38. The molecule has 11 heteroatoms. The predicted octanol–water partition coefficient (Wildman–Crippen LogP) is 7.00. The number of thioether (sulfide) groups is 1. The molecule has 3 amide bonds. The summed E-state index contributed by atoms with van der Waals surface area (Å²) in [6.45, 7) is 2.08. The zero-order valence-corrected chi connectivity index (χ0v) is 24.0. The van der Waals surface area contributed by atoms with Gasteiger partial charge in [-0.05, 0) is 78.4 Å². The smallest absolute Gasteiger partial charge is 0.294 e. The molecule has 3 aromatic carbocycles. The Labute approximate surface area is 239 Å². The summed E-state index contributed by atoms with van der Waals surface area (Å²) in [7, 11) is 0. The molecule has 0 unspecified atom stereocenters. The Balaban J connectivity index is 1.49. The molecule has 1 N–H and O–H groups in total. The van der Waals surface area contributed by atoms with Gasteiger partial charge in [0.25, 0.3) is 11.1 Å². The van der Waals surface area contributed by atoms with Crippen LogP contribution in [0.25, 0.3) is 6.08 Å². The third kappa shape index (κ3) is 7.03. The summed E-state index contributed by atoms with van der Waals surface area (Å²) in [6, 6.07) is 16.6. The minimum atomic E-state index is -0.619. The topological polar surface area (TPSA) is 84.9 Å². The molecule has 0 radical (unpaired) electrons. The van der Waals surface area contributed by atoms with Crippen LogP contribution in [0, 0.1) is 5.82 Å². The van der Waals surface area contributed by atoms with E-state index in [-0.39, 0.29) is 10.6 Å². The van der Waals surface area contributed by atoms with Gasteiger partial charge in [-0.25, -0.2) is 4.39 Å². The predicted molar refractivity (Wildman–Crippen MR) is 151 cm³/mol. The van der Waals surface area contributed by atoms with Crippen LogP contribution >= 0.6 is 43.6 Å². The number of carbonyl (C=O) groups excluding carboxylic acids is 3. The van der Waals surface area contributed by atoms with E-state index in [2.05, 4.69) is 37.2 Å². The average molecular weight is 664 g/mol. The van der Waals surface area contributed by atoms with Gasteiger partial charge in [0, 0.05) is 14.6 Å². The van der Waals surface area contributed by atoms with Gasteiger partial charge in [-0.2, -0.15) is 0 Å². The standard InChI is InChI=1S/C27H21Br2FN2O5S/c1-2-36-22-10-17(21(29)13-23(22)37-15-16-6-8-18(28)9-7-16)11-24-26(34)32(27(35)38-24)14-25(33)31-20-5-3-4-19(30)12-20/h3-13H,2,14-15H2,1H3,(H,31,33)/b24-11+. The molecule has 1 fully saturated rings. The van der Waals surface area contributed by atoms with Crippen LogP contribution in [0.15, 0.2) is 74.5 Å². The lowest BCUT2D eigenvalue weighted by Crippen LogP contribution is -2.36. The molecule has 1 heterocycles. The molecule has 0 aromatic heterocycles. The Morgan fingerprint density at radius 1 is 1.05 bits per heavy atom. The maximum atomic E-state index is 13.4. The summed E-state index contributed by atoms with van der Waals surface area (Å²) in [6.07, 6.45) is 1.56. The highest BCUT2D eigenvalue weighted by atomic mass is 79.9. The zero-order valence-electron chi connectivity index (χ0n) is 20.0. The van der Waals surface area contributed by atoms with E-state index in [9.17, 15) is 18.8 Å². The van der Waals surface area contributed by atoms with E-state index in [1.54, 1.807) is 18.2 Å². The number of hydrogen-bond acceptors (Lipinski definition) is 6. The Morgan fingerprint density at radius 2 is 1.79 bits per heavy atom. The number of rotatable bonds is 9. The maximum Gasteiger partial charge on any atom is 0.294 e. The molecule has 0 atom stereocenters. The van der Waals surface area contributed by atoms with Crippen LogP contribution in [0.2, 0.25) is 0 Å². The lowest BCUT2D eigenvalue weighted by atomic mass is 10.1. The maximum absolute atomic E-state index is 13.4. The number of imide groups is 1. The second-order valence-electron chi connectivity index (χ2n) is 7.99. The molecule has 0 aliphatic carbocycles. The third-order valence-electron chi connectivity index (χ3n) is 5.24. The van der Waals surface area contributed by atoms with Crippen LogP contribution in [-0.4, -0.2) is 35.1 Å². The van der Waals surface area contributed by atoms with Gasteiger partial charge in [0.2, 0.25) is 5.91 Å². The summed E-state index contributed by atoms with van der Waals surface area (Å²) >= 11 is 7.65. The van der Waals surface area contributed by atoms with Crippen molar-refractivity contribution in [2.75, 3.05) is 18.5 Å². The largest absolute Gasteiger partial charge is 0.490 e. The number of anilines is 1. The first-order valence-corrected chi connectivity index (χ1v) is 13.8. The summed E-state index contributed by atoms with van der Waals surface area (Å²) in [5.41, 5.74) is 1.80. The number of halogens is 3. The van der Waals surface area contributed by atoms with E-state index in [1.807, 2.05) is 31.2 Å². The fourth-order valence-corrected chi connectivity index (χ4v) is 5.00. The molecule has 3 aromatic rings. The van der Waals surface area contributed by atoms with Gasteiger partial charge >= 0.3 is 0 Å². The van der Waals surface area contributed by atoms with Crippen molar-refractivity contribution in [3.8, 4) is 11.5 Å². The number of hydrogen-bond donors (Lipinski definition) is 1. The van der Waals surface area contributed by atoms with E-state index < -0.39 is 29.4 Å². The van der Waals surface area contributed by atoms with Crippen molar-refractivity contribution in [3.05, 3.63) is 91.5 Å². The first kappa shape index (κ1) is 27.9. The lowest BCUT2D eigenvalue weighted by molar-refractivity contribution is -0.127. The van der Waals surface area contributed by atoms with E-state index in [4.69, 9.17) is 9.47 Å². The molecule has 1 aliphatic heterocycles. The minimum Gasteiger partial charge on any atom is -0.490 e. The number of amides is 3. The minimum absolute atomic E-state index is 0.153. The van der Waals surface area contributed by atoms with Gasteiger partial charge in [-0.1, -0.05) is 50.1 Å². The second kappa shape index (κ2) is 12.6. The third-order valence-corrected chi connectivity index (χ3v) is 7.36. The number of benzene rings is 3. The SMILES string of the molecule is CCOc1cc(/C=C2/SC(=O)N(CC(=O)Nc3cccc(F)c3)C2=O)c(Br)cc1OCc1ccc(Br)cc1. The fourth-order valence-electron chi connectivity index (χ4n) is 3.47. The van der Waals surface area contributed by atoms with Crippen LogP contribution in [0.3, 0.4) is 0 Å². The molecular formula is C27H21Br2FN2O5S. The van der Waals surface area contributed by atoms with Gasteiger partial charge in [0.15, 0.2) is 11.5 Å². The first-order valence-electron chi connectivity index (χ1n) is 11.4. The van der Waals surface area contributed by atoms with Crippen molar-refractivity contribution in [2.24, 2.45) is 0 Å².